The first-order valence-electron chi connectivity index (χ1n) is 6.39. The van der Waals surface area contributed by atoms with Crippen LogP contribution in [0.5, 0.6) is 0 Å². The lowest BCUT2D eigenvalue weighted by molar-refractivity contribution is -0.0436. The second-order valence-corrected chi connectivity index (χ2v) is 6.58. The number of halogens is 3. The van der Waals surface area contributed by atoms with Crippen LogP contribution in [-0.2, 0) is 9.84 Å². The Labute approximate surface area is 131 Å². The van der Waals surface area contributed by atoms with Crippen LogP contribution in [0.2, 0.25) is 0 Å². The van der Waals surface area contributed by atoms with Gasteiger partial charge in [-0.3, -0.25) is 4.79 Å². The summed E-state index contributed by atoms with van der Waals surface area (Å²) >= 11 is 0. The molecule has 0 aliphatic rings. The summed E-state index contributed by atoms with van der Waals surface area (Å²) in [7, 11) is -5.33. The molecule has 0 bridgehead atoms. The molecule has 0 aromatic heterocycles. The largest absolute Gasteiger partial charge is 0.501 e. The summed E-state index contributed by atoms with van der Waals surface area (Å²) in [5.74, 6) is 0. The number of sulfone groups is 1. The molecule has 2 rings (SSSR count). The third kappa shape index (κ3) is 3.87. The molecule has 0 aliphatic carbocycles. The van der Waals surface area contributed by atoms with Crippen LogP contribution in [0.4, 0.5) is 13.2 Å². The number of rotatable bonds is 4. The van der Waals surface area contributed by atoms with Crippen LogP contribution in [0.3, 0.4) is 0 Å². The predicted octanol–water partition coefficient (Wildman–Crippen LogP) is 3.96. The molecular formula is C16H11F3O3S. The van der Waals surface area contributed by atoms with E-state index in [0.717, 1.165) is 17.7 Å². The normalized spacial score (nSPS) is 12.5. The number of hydrogen-bond acceptors (Lipinski definition) is 3. The number of hydrogen-bond donors (Lipinski definition) is 0. The summed E-state index contributed by atoms with van der Waals surface area (Å²) in [4.78, 5) is 9.74. The Bertz CT molecular complexity index is 818. The van der Waals surface area contributed by atoms with Crippen molar-refractivity contribution in [3.8, 4) is 0 Å². The summed E-state index contributed by atoms with van der Waals surface area (Å²) in [5, 5.41) is 0. The van der Waals surface area contributed by atoms with Gasteiger partial charge >= 0.3 is 5.51 Å². The van der Waals surface area contributed by atoms with Gasteiger partial charge in [-0.15, -0.1) is 0 Å². The molecule has 7 heteroatoms. The minimum atomic E-state index is -5.33. The van der Waals surface area contributed by atoms with Gasteiger partial charge in [0, 0.05) is 5.56 Å². The van der Waals surface area contributed by atoms with E-state index in [-0.39, 0.29) is 0 Å². The fourth-order valence-electron chi connectivity index (χ4n) is 1.77. The third-order valence-corrected chi connectivity index (χ3v) is 4.54. The molecule has 0 heterocycles. The Morgan fingerprint density at radius 2 is 1.13 bits per heavy atom. The minimum Gasteiger partial charge on any atom is -0.298 e. The summed E-state index contributed by atoms with van der Waals surface area (Å²) in [6, 6.07) is 11.1. The minimum absolute atomic E-state index is 0.531. The van der Waals surface area contributed by atoms with E-state index >= 15 is 0 Å². The molecule has 0 amide bonds. The Morgan fingerprint density at radius 1 is 0.739 bits per heavy atom. The Morgan fingerprint density at radius 3 is 1.52 bits per heavy atom. The van der Waals surface area contributed by atoms with Crippen LogP contribution in [-0.4, -0.2) is 20.2 Å². The van der Waals surface area contributed by atoms with Crippen molar-refractivity contribution in [1.29, 1.82) is 0 Å². The van der Waals surface area contributed by atoms with Gasteiger partial charge in [-0.2, -0.15) is 13.2 Å². The Hall–Kier alpha value is -2.41. The first kappa shape index (κ1) is 17.0. The van der Waals surface area contributed by atoms with Gasteiger partial charge in [-0.25, -0.2) is 8.42 Å². The maximum absolute atomic E-state index is 12.4. The summed E-state index contributed by atoms with van der Waals surface area (Å²) in [6.45, 7) is 0. The van der Waals surface area contributed by atoms with Crippen molar-refractivity contribution in [2.75, 3.05) is 0 Å². The first-order valence-corrected chi connectivity index (χ1v) is 7.87. The highest BCUT2D eigenvalue weighted by Gasteiger charge is 2.46. The molecule has 0 N–H and O–H groups in total. The van der Waals surface area contributed by atoms with Gasteiger partial charge in [0.25, 0.3) is 9.84 Å². The second-order valence-electron chi connectivity index (χ2n) is 4.64. The monoisotopic (exact) mass is 340 g/mol. The SMILES string of the molecule is O=Cc1ccc(/C=C/c2ccc(S(=O)(=O)C(F)(F)F)cc2)cc1. The van der Waals surface area contributed by atoms with E-state index in [1.54, 1.807) is 36.4 Å². The average molecular weight is 340 g/mol. The fourth-order valence-corrected chi connectivity index (χ4v) is 2.53. The third-order valence-electron chi connectivity index (χ3n) is 3.04. The van der Waals surface area contributed by atoms with Crippen molar-refractivity contribution < 1.29 is 26.4 Å². The van der Waals surface area contributed by atoms with E-state index in [0.29, 0.717) is 17.4 Å². The molecule has 0 aliphatic heterocycles. The highest BCUT2D eigenvalue weighted by Crippen LogP contribution is 2.30. The van der Waals surface area contributed by atoms with Gasteiger partial charge in [0.1, 0.15) is 6.29 Å². The highest BCUT2D eigenvalue weighted by molar-refractivity contribution is 7.92. The van der Waals surface area contributed by atoms with Crippen molar-refractivity contribution in [2.24, 2.45) is 0 Å². The van der Waals surface area contributed by atoms with Gasteiger partial charge in [0.2, 0.25) is 0 Å². The zero-order chi connectivity index (χ0) is 17.1. The number of carbonyl (C=O) groups is 1. The molecule has 0 saturated heterocycles. The predicted molar refractivity (Wildman–Crippen MR) is 80.4 cm³/mol. The average Bonchev–Trinajstić information content (AvgIpc) is 2.53. The van der Waals surface area contributed by atoms with E-state index < -0.39 is 20.2 Å². The topological polar surface area (TPSA) is 51.2 Å². The Balaban J connectivity index is 2.20. The van der Waals surface area contributed by atoms with Crippen LogP contribution in [0.25, 0.3) is 12.2 Å². The van der Waals surface area contributed by atoms with Crippen LogP contribution in [0.1, 0.15) is 21.5 Å². The standard InChI is InChI=1S/C16H11F3O3S/c17-16(18,19)23(21,22)15-9-7-13(8-10-15)2-1-12-3-5-14(11-20)6-4-12/h1-11H/b2-1+. The van der Waals surface area contributed by atoms with Gasteiger partial charge in [-0.05, 0) is 23.3 Å². The van der Waals surface area contributed by atoms with Crippen LogP contribution in [0, 0.1) is 0 Å². The highest BCUT2D eigenvalue weighted by atomic mass is 32.2. The zero-order valence-electron chi connectivity index (χ0n) is 11.6. The molecule has 0 atom stereocenters. The lowest BCUT2D eigenvalue weighted by Gasteiger charge is -2.07. The van der Waals surface area contributed by atoms with E-state index in [2.05, 4.69) is 0 Å². The Kier molecular flexibility index (Phi) is 4.70. The van der Waals surface area contributed by atoms with Crippen molar-refractivity contribution in [3.05, 3.63) is 65.2 Å². The number of carbonyl (C=O) groups excluding carboxylic acids is 1. The quantitative estimate of drug-likeness (QED) is 0.625. The fraction of sp³-hybridized carbons (Fsp3) is 0.0625. The molecule has 0 spiro atoms. The first-order chi connectivity index (χ1) is 10.7. The molecule has 0 unspecified atom stereocenters. The molecule has 0 radical (unpaired) electrons. The molecule has 2 aromatic rings. The van der Waals surface area contributed by atoms with Gasteiger partial charge in [0.05, 0.1) is 4.90 Å². The second kappa shape index (κ2) is 6.37. The van der Waals surface area contributed by atoms with Crippen molar-refractivity contribution in [3.63, 3.8) is 0 Å². The summed E-state index contributed by atoms with van der Waals surface area (Å²) < 4.78 is 59.7. The van der Waals surface area contributed by atoms with E-state index in [1.807, 2.05) is 0 Å². The maximum atomic E-state index is 12.4. The lowest BCUT2D eigenvalue weighted by atomic mass is 10.1. The van der Waals surface area contributed by atoms with E-state index in [1.165, 1.54) is 12.1 Å². The lowest BCUT2D eigenvalue weighted by Crippen LogP contribution is -2.23. The summed E-state index contributed by atoms with van der Waals surface area (Å²) in [6.07, 6.45) is 4.04. The molecule has 0 saturated carbocycles. The summed E-state index contributed by atoms with van der Waals surface area (Å²) in [5.41, 5.74) is -3.44. The van der Waals surface area contributed by atoms with Gasteiger partial charge in [-0.1, -0.05) is 48.6 Å². The number of benzene rings is 2. The van der Waals surface area contributed by atoms with Crippen LogP contribution >= 0.6 is 0 Å². The molecule has 2 aromatic carbocycles. The van der Waals surface area contributed by atoms with Crippen molar-refractivity contribution in [2.45, 2.75) is 10.4 Å². The van der Waals surface area contributed by atoms with Gasteiger partial charge < -0.3 is 0 Å². The maximum Gasteiger partial charge on any atom is 0.501 e. The van der Waals surface area contributed by atoms with Gasteiger partial charge in [0.15, 0.2) is 0 Å². The molecule has 0 fully saturated rings. The van der Waals surface area contributed by atoms with Crippen molar-refractivity contribution in [1.82, 2.24) is 0 Å². The molecular weight excluding hydrogens is 329 g/mol. The van der Waals surface area contributed by atoms with Crippen LogP contribution in [0.15, 0.2) is 53.4 Å². The van der Waals surface area contributed by atoms with Crippen LogP contribution < -0.4 is 0 Å². The smallest absolute Gasteiger partial charge is 0.298 e. The number of alkyl halides is 3. The van der Waals surface area contributed by atoms with Crippen molar-refractivity contribution >= 4 is 28.3 Å². The zero-order valence-corrected chi connectivity index (χ0v) is 12.4. The number of aldehydes is 1. The molecule has 120 valence electrons. The molecule has 23 heavy (non-hydrogen) atoms. The van der Waals surface area contributed by atoms with E-state index in [4.69, 9.17) is 0 Å². The molecule has 3 nitrogen and oxygen atoms in total. The van der Waals surface area contributed by atoms with E-state index in [9.17, 15) is 26.4 Å².